The van der Waals surface area contributed by atoms with Gasteiger partial charge in [0.15, 0.2) is 0 Å². The van der Waals surface area contributed by atoms with Gasteiger partial charge in [0.1, 0.15) is 0 Å². The zero-order valence-electron chi connectivity index (χ0n) is 22.3. The Morgan fingerprint density at radius 1 is 0.711 bits per heavy atom. The van der Waals surface area contributed by atoms with Crippen molar-refractivity contribution in [3.63, 3.8) is 0 Å². The van der Waals surface area contributed by atoms with E-state index in [1.54, 1.807) is 0 Å². The van der Waals surface area contributed by atoms with Crippen LogP contribution in [0.25, 0.3) is 5.57 Å². The maximum atomic E-state index is 2.42. The van der Waals surface area contributed by atoms with Crippen molar-refractivity contribution in [2.75, 3.05) is 4.90 Å². The number of allylic oxidation sites excluding steroid dienone is 15. The van der Waals surface area contributed by atoms with E-state index in [4.69, 9.17) is 0 Å². The molecule has 0 saturated carbocycles. The molecule has 0 saturated heterocycles. The number of anilines is 2. The monoisotopic (exact) mass is 495 g/mol. The lowest BCUT2D eigenvalue weighted by Crippen LogP contribution is -2.18. The second kappa shape index (κ2) is 11.3. The Kier molecular flexibility index (Phi) is 7.27. The first-order valence-electron chi connectivity index (χ1n) is 14.2. The van der Waals surface area contributed by atoms with Gasteiger partial charge in [-0.2, -0.15) is 0 Å². The average Bonchev–Trinajstić information content (AvgIpc) is 3.00. The lowest BCUT2D eigenvalue weighted by molar-refractivity contribution is 0.635. The predicted molar refractivity (Wildman–Crippen MR) is 163 cm³/mol. The van der Waals surface area contributed by atoms with Crippen LogP contribution in [0.15, 0.2) is 139 Å². The summed E-state index contributed by atoms with van der Waals surface area (Å²) in [4.78, 5) is 2.42. The molecule has 1 nitrogen and oxygen atoms in total. The van der Waals surface area contributed by atoms with E-state index in [0.717, 1.165) is 25.7 Å². The minimum Gasteiger partial charge on any atom is -0.311 e. The van der Waals surface area contributed by atoms with Gasteiger partial charge in [-0.1, -0.05) is 104 Å². The maximum absolute atomic E-state index is 2.42. The molecule has 0 spiro atoms. The Labute approximate surface area is 228 Å². The van der Waals surface area contributed by atoms with E-state index in [0.29, 0.717) is 17.8 Å². The molecule has 2 aromatic rings. The van der Waals surface area contributed by atoms with Crippen LogP contribution in [0.4, 0.5) is 11.4 Å². The maximum Gasteiger partial charge on any atom is 0.0461 e. The van der Waals surface area contributed by atoms with Crippen molar-refractivity contribution in [1.29, 1.82) is 0 Å². The van der Waals surface area contributed by atoms with Gasteiger partial charge in [0.25, 0.3) is 0 Å². The van der Waals surface area contributed by atoms with Crippen LogP contribution in [0.5, 0.6) is 0 Å². The number of nitrogens with zero attached hydrogens (tertiary/aromatic N) is 1. The highest BCUT2D eigenvalue weighted by molar-refractivity contribution is 5.74. The molecule has 4 aliphatic rings. The van der Waals surface area contributed by atoms with E-state index in [1.165, 1.54) is 45.8 Å². The van der Waals surface area contributed by atoms with E-state index >= 15 is 0 Å². The number of hydrogen-bond donors (Lipinski definition) is 0. The topological polar surface area (TPSA) is 3.24 Å². The highest BCUT2D eigenvalue weighted by atomic mass is 15.1. The normalized spacial score (nSPS) is 24.1. The first kappa shape index (κ1) is 24.5. The van der Waals surface area contributed by atoms with Crippen molar-refractivity contribution in [1.82, 2.24) is 0 Å². The molecule has 1 heteroatoms. The van der Waals surface area contributed by atoms with Crippen LogP contribution >= 0.6 is 0 Å². The Hall–Kier alpha value is -3.84. The third-order valence-electron chi connectivity index (χ3n) is 8.25. The highest BCUT2D eigenvalue weighted by Gasteiger charge is 2.21. The first-order valence-corrected chi connectivity index (χ1v) is 14.2. The van der Waals surface area contributed by atoms with Crippen LogP contribution in [0.2, 0.25) is 0 Å². The second-order valence-corrected chi connectivity index (χ2v) is 10.8. The molecule has 6 rings (SSSR count). The molecule has 0 bridgehead atoms. The SMILES string of the molecule is CC1C=CC=CC1c1ccc(N(C2=CC[C@H](C3=CCCC=C3)C=C2)c2ccc(C3=CC=CCC3)cc2)cc1. The second-order valence-electron chi connectivity index (χ2n) is 10.8. The summed E-state index contributed by atoms with van der Waals surface area (Å²) in [7, 11) is 0. The van der Waals surface area contributed by atoms with Crippen LogP contribution in [0.1, 0.15) is 56.1 Å². The minimum atomic E-state index is 0.436. The van der Waals surface area contributed by atoms with Gasteiger partial charge in [-0.05, 0) is 90.6 Å². The summed E-state index contributed by atoms with van der Waals surface area (Å²) in [6.07, 6.45) is 35.4. The van der Waals surface area contributed by atoms with E-state index in [-0.39, 0.29) is 0 Å². The zero-order valence-corrected chi connectivity index (χ0v) is 22.3. The molecule has 0 radical (unpaired) electrons. The van der Waals surface area contributed by atoms with Gasteiger partial charge < -0.3 is 4.90 Å². The van der Waals surface area contributed by atoms with Gasteiger partial charge in [0.05, 0.1) is 0 Å². The molecular weight excluding hydrogens is 458 g/mol. The average molecular weight is 496 g/mol. The smallest absolute Gasteiger partial charge is 0.0461 e. The largest absolute Gasteiger partial charge is 0.311 e. The van der Waals surface area contributed by atoms with E-state index in [2.05, 4.69) is 139 Å². The third-order valence-corrected chi connectivity index (χ3v) is 8.25. The summed E-state index contributed by atoms with van der Waals surface area (Å²) in [5, 5.41) is 0. The fourth-order valence-electron chi connectivity index (χ4n) is 6.02. The molecule has 190 valence electrons. The minimum absolute atomic E-state index is 0.436. The molecule has 3 atom stereocenters. The molecule has 38 heavy (non-hydrogen) atoms. The van der Waals surface area contributed by atoms with Crippen molar-refractivity contribution in [3.05, 3.63) is 150 Å². The number of benzene rings is 2. The molecule has 0 aromatic heterocycles. The predicted octanol–water partition coefficient (Wildman–Crippen LogP) is 10.1. The number of rotatable bonds is 6. The molecule has 0 amide bonds. The van der Waals surface area contributed by atoms with Crippen LogP contribution in [-0.2, 0) is 0 Å². The van der Waals surface area contributed by atoms with E-state index in [9.17, 15) is 0 Å². The van der Waals surface area contributed by atoms with Crippen molar-refractivity contribution in [2.45, 2.75) is 44.9 Å². The van der Waals surface area contributed by atoms with Gasteiger partial charge in [0.2, 0.25) is 0 Å². The van der Waals surface area contributed by atoms with Gasteiger partial charge in [0, 0.05) is 28.9 Å². The van der Waals surface area contributed by atoms with Crippen LogP contribution in [0, 0.1) is 11.8 Å². The fraction of sp³-hybridized carbons (Fsp3) is 0.243. The van der Waals surface area contributed by atoms with Crippen molar-refractivity contribution in [3.8, 4) is 0 Å². The summed E-state index contributed by atoms with van der Waals surface area (Å²) in [6.45, 7) is 2.30. The fourth-order valence-corrected chi connectivity index (χ4v) is 6.02. The summed E-state index contributed by atoms with van der Waals surface area (Å²) in [6, 6.07) is 18.4. The quantitative estimate of drug-likeness (QED) is 0.385. The van der Waals surface area contributed by atoms with Gasteiger partial charge >= 0.3 is 0 Å². The molecule has 2 unspecified atom stereocenters. The lowest BCUT2D eigenvalue weighted by atomic mass is 9.84. The van der Waals surface area contributed by atoms with Crippen molar-refractivity contribution < 1.29 is 0 Å². The van der Waals surface area contributed by atoms with E-state index in [1.807, 2.05) is 0 Å². The Morgan fingerprint density at radius 3 is 2.16 bits per heavy atom. The van der Waals surface area contributed by atoms with Crippen molar-refractivity contribution >= 4 is 16.9 Å². The molecule has 0 N–H and O–H groups in total. The standard InChI is InChI=1S/C37H37N/c1-28-10-8-9-15-37(28)33-20-26-36(27-21-33)38(34-22-16-31(17-23-34)29-11-4-2-5-12-29)35-24-18-32(19-25-35)30-13-6-3-7-14-30/h2,4,6,8-11,13-18,20-28,32,37H,3,5,7,12,19H2,1H3/t28?,32-,37?/m1/s1. The highest BCUT2D eigenvalue weighted by Crippen LogP contribution is 2.37. The van der Waals surface area contributed by atoms with Crippen LogP contribution < -0.4 is 4.90 Å². The Bertz CT molecular complexity index is 1390. The molecule has 0 heterocycles. The molecule has 0 fully saturated rings. The molecule has 2 aromatic carbocycles. The Balaban J connectivity index is 1.31. The van der Waals surface area contributed by atoms with Crippen molar-refractivity contribution in [2.24, 2.45) is 11.8 Å². The van der Waals surface area contributed by atoms with Gasteiger partial charge in [-0.3, -0.25) is 0 Å². The molecular formula is C37H37N. The van der Waals surface area contributed by atoms with Gasteiger partial charge in [-0.25, -0.2) is 0 Å². The summed E-state index contributed by atoms with van der Waals surface area (Å²) in [5.74, 6) is 1.43. The summed E-state index contributed by atoms with van der Waals surface area (Å²) < 4.78 is 0. The van der Waals surface area contributed by atoms with E-state index < -0.39 is 0 Å². The Morgan fingerprint density at radius 2 is 1.50 bits per heavy atom. The third kappa shape index (κ3) is 5.24. The zero-order chi connectivity index (χ0) is 25.7. The first-order chi connectivity index (χ1) is 18.8. The lowest BCUT2D eigenvalue weighted by Gasteiger charge is -2.30. The number of hydrogen-bond acceptors (Lipinski definition) is 1. The summed E-state index contributed by atoms with van der Waals surface area (Å²) >= 11 is 0. The molecule has 4 aliphatic carbocycles. The van der Waals surface area contributed by atoms with Crippen LogP contribution in [0.3, 0.4) is 0 Å². The van der Waals surface area contributed by atoms with Gasteiger partial charge in [-0.15, -0.1) is 0 Å². The summed E-state index contributed by atoms with van der Waals surface area (Å²) in [5.41, 5.74) is 9.23. The molecule has 0 aliphatic heterocycles. The van der Waals surface area contributed by atoms with Crippen LogP contribution in [-0.4, -0.2) is 0 Å².